The summed E-state index contributed by atoms with van der Waals surface area (Å²) in [6.45, 7) is 0. The number of aromatic nitrogens is 3. The molecule has 3 N–H and O–H groups in total. The van der Waals surface area contributed by atoms with E-state index in [1.54, 1.807) is 7.11 Å². The second-order valence-corrected chi connectivity index (χ2v) is 6.45. The first-order valence-electron chi connectivity index (χ1n) is 8.02. The van der Waals surface area contributed by atoms with Gasteiger partial charge in [-0.25, -0.2) is 4.68 Å². The number of halogens is 1. The number of benzene rings is 2. The number of nitrogen functional groups attached to an aromatic ring is 1. The van der Waals surface area contributed by atoms with Crippen molar-refractivity contribution in [3.05, 3.63) is 64.7 Å². The van der Waals surface area contributed by atoms with Gasteiger partial charge >= 0.3 is 0 Å². The number of nitrogens with zero attached hydrogens (tertiary/aromatic N) is 3. The molecule has 1 aliphatic heterocycles. The number of hydrogen-bond acceptors (Lipinski definition) is 5. The fourth-order valence-electron chi connectivity index (χ4n) is 3.21. The predicted octanol–water partition coefficient (Wildman–Crippen LogP) is 3.67. The van der Waals surface area contributed by atoms with E-state index >= 15 is 0 Å². The van der Waals surface area contributed by atoms with Gasteiger partial charge in [-0.1, -0.05) is 35.9 Å². The van der Waals surface area contributed by atoms with E-state index in [9.17, 15) is 0 Å². The van der Waals surface area contributed by atoms with Crippen molar-refractivity contribution in [2.24, 2.45) is 0 Å². The molecule has 1 aromatic heterocycles. The summed E-state index contributed by atoms with van der Waals surface area (Å²) < 4.78 is 7.10. The van der Waals surface area contributed by atoms with Crippen LogP contribution in [0.2, 0.25) is 5.02 Å². The van der Waals surface area contributed by atoms with Crippen LogP contribution in [0.4, 0.5) is 11.9 Å². The Morgan fingerprint density at radius 2 is 1.80 bits per heavy atom. The second-order valence-electron chi connectivity index (χ2n) is 6.01. The van der Waals surface area contributed by atoms with Crippen molar-refractivity contribution in [2.45, 2.75) is 18.5 Å². The first-order valence-corrected chi connectivity index (χ1v) is 8.40. The standard InChI is InChI=1S/C18H18ClN5O/c1-25-14-8-4-12(5-9-14)16-10-15(11-2-6-13(19)7-3-11)21-18-22-17(20)23-24(16)18/h2-9,15-16H,10H2,1H3,(H3,20,21,22,23)/t15-,16-/m1/s1. The van der Waals surface area contributed by atoms with Crippen molar-refractivity contribution in [3.8, 4) is 5.75 Å². The van der Waals surface area contributed by atoms with Gasteiger partial charge in [-0.3, -0.25) is 0 Å². The zero-order valence-corrected chi connectivity index (χ0v) is 14.4. The maximum atomic E-state index is 6.01. The van der Waals surface area contributed by atoms with Gasteiger partial charge in [0.05, 0.1) is 19.2 Å². The molecule has 25 heavy (non-hydrogen) atoms. The Kier molecular flexibility index (Phi) is 3.97. The summed E-state index contributed by atoms with van der Waals surface area (Å²) in [5.41, 5.74) is 8.11. The minimum atomic E-state index is 0.0348. The highest BCUT2D eigenvalue weighted by molar-refractivity contribution is 6.30. The minimum Gasteiger partial charge on any atom is -0.497 e. The highest BCUT2D eigenvalue weighted by Gasteiger charge is 2.30. The summed E-state index contributed by atoms with van der Waals surface area (Å²) in [6.07, 6.45) is 0.823. The molecule has 0 spiro atoms. The molecule has 2 atom stereocenters. The molecule has 1 aliphatic rings. The molecule has 0 unspecified atom stereocenters. The number of nitrogens with one attached hydrogen (secondary N) is 1. The Bertz CT molecular complexity index is 875. The van der Waals surface area contributed by atoms with Crippen molar-refractivity contribution in [1.29, 1.82) is 0 Å². The van der Waals surface area contributed by atoms with Crippen LogP contribution in [0.25, 0.3) is 0 Å². The van der Waals surface area contributed by atoms with Gasteiger partial charge < -0.3 is 15.8 Å². The van der Waals surface area contributed by atoms with Crippen LogP contribution in [0.1, 0.15) is 29.6 Å². The van der Waals surface area contributed by atoms with Crippen LogP contribution in [0.3, 0.4) is 0 Å². The predicted molar refractivity (Wildman–Crippen MR) is 98.0 cm³/mol. The normalized spacial score (nSPS) is 19.1. The summed E-state index contributed by atoms with van der Waals surface area (Å²) >= 11 is 6.01. The molecule has 0 amide bonds. The lowest BCUT2D eigenvalue weighted by Crippen LogP contribution is -2.28. The van der Waals surface area contributed by atoms with Crippen molar-refractivity contribution < 1.29 is 4.74 Å². The molecule has 0 aliphatic carbocycles. The number of ether oxygens (including phenoxy) is 1. The van der Waals surface area contributed by atoms with Gasteiger partial charge in [0.25, 0.3) is 0 Å². The fourth-order valence-corrected chi connectivity index (χ4v) is 3.34. The Morgan fingerprint density at radius 3 is 2.48 bits per heavy atom. The number of anilines is 2. The molecule has 0 saturated heterocycles. The van der Waals surface area contributed by atoms with Gasteiger partial charge in [0.1, 0.15) is 5.75 Å². The van der Waals surface area contributed by atoms with E-state index in [4.69, 9.17) is 22.1 Å². The third-order valence-electron chi connectivity index (χ3n) is 4.48. The van der Waals surface area contributed by atoms with Crippen LogP contribution in [-0.2, 0) is 0 Å². The van der Waals surface area contributed by atoms with Gasteiger partial charge in [0.15, 0.2) is 0 Å². The molecular weight excluding hydrogens is 338 g/mol. The lowest BCUT2D eigenvalue weighted by Gasteiger charge is -2.31. The summed E-state index contributed by atoms with van der Waals surface area (Å²) in [5.74, 6) is 1.76. The molecule has 2 heterocycles. The van der Waals surface area contributed by atoms with E-state index in [1.807, 2.05) is 41.1 Å². The molecule has 2 aromatic carbocycles. The zero-order chi connectivity index (χ0) is 17.4. The quantitative estimate of drug-likeness (QED) is 0.749. The van der Waals surface area contributed by atoms with Gasteiger partial charge in [-0.05, 0) is 41.8 Å². The van der Waals surface area contributed by atoms with E-state index in [0.29, 0.717) is 5.95 Å². The lowest BCUT2D eigenvalue weighted by atomic mass is 9.93. The molecule has 7 heteroatoms. The van der Waals surface area contributed by atoms with Crippen molar-refractivity contribution in [3.63, 3.8) is 0 Å². The molecule has 128 valence electrons. The van der Waals surface area contributed by atoms with Crippen LogP contribution >= 0.6 is 11.6 Å². The molecule has 0 bridgehead atoms. The van der Waals surface area contributed by atoms with E-state index in [1.165, 1.54) is 0 Å². The van der Waals surface area contributed by atoms with Gasteiger partial charge in [0.2, 0.25) is 11.9 Å². The second kappa shape index (κ2) is 6.29. The third kappa shape index (κ3) is 3.00. The summed E-state index contributed by atoms with van der Waals surface area (Å²) in [4.78, 5) is 4.32. The maximum absolute atomic E-state index is 6.01. The van der Waals surface area contributed by atoms with Gasteiger partial charge in [0, 0.05) is 5.02 Å². The van der Waals surface area contributed by atoms with Crippen LogP contribution in [0.5, 0.6) is 5.75 Å². The number of methoxy groups -OCH3 is 1. The highest BCUT2D eigenvalue weighted by atomic mass is 35.5. The van der Waals surface area contributed by atoms with Crippen LogP contribution in [0, 0.1) is 0 Å². The maximum Gasteiger partial charge on any atom is 0.241 e. The SMILES string of the molecule is COc1ccc([C@H]2C[C@H](c3ccc(Cl)cc3)Nc3nc(N)nn32)cc1. The van der Waals surface area contributed by atoms with Gasteiger partial charge in [-0.15, -0.1) is 5.10 Å². The Labute approximate surface area is 150 Å². The Balaban J connectivity index is 1.72. The average Bonchev–Trinajstić information content (AvgIpc) is 3.01. The fraction of sp³-hybridized carbons (Fsp3) is 0.222. The number of fused-ring (bicyclic) bond motifs is 1. The summed E-state index contributed by atoms with van der Waals surface area (Å²) in [7, 11) is 1.66. The first-order chi connectivity index (χ1) is 12.1. The molecule has 4 rings (SSSR count). The van der Waals surface area contributed by atoms with E-state index in [0.717, 1.165) is 28.3 Å². The van der Waals surface area contributed by atoms with Crippen molar-refractivity contribution in [1.82, 2.24) is 14.8 Å². The number of rotatable bonds is 3. The smallest absolute Gasteiger partial charge is 0.241 e. The van der Waals surface area contributed by atoms with E-state index in [2.05, 4.69) is 27.5 Å². The van der Waals surface area contributed by atoms with E-state index in [-0.39, 0.29) is 18.0 Å². The third-order valence-corrected chi connectivity index (χ3v) is 4.73. The van der Waals surface area contributed by atoms with Gasteiger partial charge in [-0.2, -0.15) is 4.98 Å². The molecular formula is C18H18ClN5O. The van der Waals surface area contributed by atoms with Crippen molar-refractivity contribution >= 4 is 23.5 Å². The van der Waals surface area contributed by atoms with Crippen LogP contribution in [0.15, 0.2) is 48.5 Å². The monoisotopic (exact) mass is 355 g/mol. The van der Waals surface area contributed by atoms with Crippen LogP contribution < -0.4 is 15.8 Å². The van der Waals surface area contributed by atoms with E-state index < -0.39 is 0 Å². The molecule has 0 radical (unpaired) electrons. The van der Waals surface area contributed by atoms with Crippen molar-refractivity contribution in [2.75, 3.05) is 18.2 Å². The zero-order valence-electron chi connectivity index (χ0n) is 13.7. The molecule has 0 fully saturated rings. The average molecular weight is 356 g/mol. The summed E-state index contributed by atoms with van der Waals surface area (Å²) in [6, 6.07) is 16.0. The lowest BCUT2D eigenvalue weighted by molar-refractivity contribution is 0.411. The van der Waals surface area contributed by atoms with Crippen LogP contribution in [-0.4, -0.2) is 21.9 Å². The Hall–Kier alpha value is -2.73. The topological polar surface area (TPSA) is 78.0 Å². The molecule has 3 aromatic rings. The minimum absolute atomic E-state index is 0.0348. The largest absolute Gasteiger partial charge is 0.497 e. The number of nitrogens with two attached hydrogens (primary N) is 1. The molecule has 6 nitrogen and oxygen atoms in total. The molecule has 0 saturated carbocycles. The first kappa shape index (κ1) is 15.8. The Morgan fingerprint density at radius 1 is 1.12 bits per heavy atom. The summed E-state index contributed by atoms with van der Waals surface area (Å²) in [5, 5.41) is 8.50. The number of hydrogen-bond donors (Lipinski definition) is 2. The highest BCUT2D eigenvalue weighted by Crippen LogP contribution is 2.38.